The van der Waals surface area contributed by atoms with Crippen LogP contribution >= 0.6 is 34.8 Å². The third-order valence-corrected chi connectivity index (χ3v) is 4.63. The van der Waals surface area contributed by atoms with Crippen LogP contribution in [-0.4, -0.2) is 68.9 Å². The molecule has 1 heterocycles. The summed E-state index contributed by atoms with van der Waals surface area (Å²) < 4.78 is 39.3. The van der Waals surface area contributed by atoms with Crippen molar-refractivity contribution in [2.45, 2.75) is 35.9 Å². The summed E-state index contributed by atoms with van der Waals surface area (Å²) in [5.74, 6) is -2.60. The maximum atomic E-state index is 12.2. The maximum Gasteiger partial charge on any atom is 0.622 e. The molecule has 0 aromatic heterocycles. The van der Waals surface area contributed by atoms with Gasteiger partial charge in [0.15, 0.2) is 0 Å². The van der Waals surface area contributed by atoms with Crippen LogP contribution in [-0.2, 0) is 33.4 Å². The highest BCUT2D eigenvalue weighted by atomic mass is 35.6. The lowest BCUT2D eigenvalue weighted by Crippen LogP contribution is -2.53. The van der Waals surface area contributed by atoms with E-state index in [-0.39, 0.29) is 13.1 Å². The van der Waals surface area contributed by atoms with E-state index in [2.05, 4.69) is 8.91 Å². The molecule has 28 heavy (non-hydrogen) atoms. The number of carbonyl (C=O) groups is 2. The molecule has 0 aromatic carbocycles. The standard InChI is InChI=1S/C14H22BCl3N2O7S/c1-3-4-5-6-7-11(19-28(23,24)25-10-14(16,17)18)15-26-12(21)8-20(2)9-13(22)27-15/h6-7,11,19H,3-5,8-10H2,1-2H3/b7-6+. The molecule has 0 aromatic rings. The van der Waals surface area contributed by atoms with Crippen molar-refractivity contribution in [2.75, 3.05) is 26.7 Å². The first-order valence-corrected chi connectivity index (χ1v) is 10.9. The number of likely N-dealkylation sites (N-methyl/N-ethyl adjacent to an activating group) is 1. The Labute approximate surface area is 180 Å². The second-order valence-corrected chi connectivity index (χ2v) is 9.96. The maximum absolute atomic E-state index is 12.2. The van der Waals surface area contributed by atoms with Crippen LogP contribution in [0.4, 0.5) is 0 Å². The van der Waals surface area contributed by atoms with E-state index in [9.17, 15) is 18.0 Å². The normalized spacial score (nSPS) is 18.5. The van der Waals surface area contributed by atoms with Gasteiger partial charge in [-0.15, -0.1) is 0 Å². The molecule has 1 atom stereocenters. The first-order valence-electron chi connectivity index (χ1n) is 8.39. The predicted molar refractivity (Wildman–Crippen MR) is 106 cm³/mol. The second-order valence-electron chi connectivity index (χ2n) is 6.07. The van der Waals surface area contributed by atoms with E-state index in [1.165, 1.54) is 18.0 Å². The van der Waals surface area contributed by atoms with Crippen molar-refractivity contribution in [3.63, 3.8) is 0 Å². The lowest BCUT2D eigenvalue weighted by atomic mass is 9.78. The molecule has 1 unspecified atom stereocenters. The van der Waals surface area contributed by atoms with Crippen molar-refractivity contribution in [3.05, 3.63) is 12.2 Å². The van der Waals surface area contributed by atoms with Crippen LogP contribution in [0.2, 0.25) is 0 Å². The molecule has 1 aliphatic heterocycles. The molecule has 0 radical (unpaired) electrons. The van der Waals surface area contributed by atoms with Gasteiger partial charge in [-0.2, -0.15) is 13.1 Å². The van der Waals surface area contributed by atoms with Gasteiger partial charge in [0.25, 0.3) is 0 Å². The minimum Gasteiger partial charge on any atom is -0.497 e. The molecule has 0 amide bonds. The number of unbranched alkanes of at least 4 members (excludes halogenated alkanes) is 2. The van der Waals surface area contributed by atoms with Gasteiger partial charge in [-0.25, -0.2) is 0 Å². The average molecular weight is 480 g/mol. The first-order chi connectivity index (χ1) is 12.9. The van der Waals surface area contributed by atoms with Gasteiger partial charge in [0.05, 0.1) is 13.1 Å². The molecule has 1 saturated heterocycles. The van der Waals surface area contributed by atoms with Crippen LogP contribution in [0.3, 0.4) is 0 Å². The Balaban J connectivity index is 2.97. The number of allylic oxidation sites excluding steroid dienone is 1. The summed E-state index contributed by atoms with van der Waals surface area (Å²) in [6.07, 6.45) is 5.52. The zero-order valence-corrected chi connectivity index (χ0v) is 18.5. The topological polar surface area (TPSA) is 111 Å². The fourth-order valence-electron chi connectivity index (χ4n) is 2.10. The van der Waals surface area contributed by atoms with Crippen LogP contribution in [0.15, 0.2) is 12.2 Å². The Morgan fingerprint density at radius 2 is 1.86 bits per heavy atom. The number of carbonyl (C=O) groups excluding carboxylic acids is 2. The van der Waals surface area contributed by atoms with E-state index < -0.39 is 45.7 Å². The van der Waals surface area contributed by atoms with Crippen LogP contribution < -0.4 is 4.72 Å². The van der Waals surface area contributed by atoms with Crippen LogP contribution in [0.25, 0.3) is 0 Å². The number of nitrogens with one attached hydrogen (secondary N) is 1. The van der Waals surface area contributed by atoms with E-state index in [0.29, 0.717) is 6.42 Å². The van der Waals surface area contributed by atoms with Crippen molar-refractivity contribution in [2.24, 2.45) is 0 Å². The molecule has 14 heteroatoms. The molecule has 1 rings (SSSR count). The molecule has 0 spiro atoms. The molecule has 0 saturated carbocycles. The quantitative estimate of drug-likeness (QED) is 0.229. The van der Waals surface area contributed by atoms with Gasteiger partial charge in [0.2, 0.25) is 3.79 Å². The van der Waals surface area contributed by atoms with Gasteiger partial charge >= 0.3 is 29.4 Å². The van der Waals surface area contributed by atoms with E-state index >= 15 is 0 Å². The number of rotatable bonds is 9. The largest absolute Gasteiger partial charge is 0.622 e. The zero-order valence-electron chi connectivity index (χ0n) is 15.4. The summed E-state index contributed by atoms with van der Waals surface area (Å²) in [5, 5.41) is 0. The Hall–Kier alpha value is -0.555. The monoisotopic (exact) mass is 478 g/mol. The summed E-state index contributed by atoms with van der Waals surface area (Å²) in [6, 6.07) is 0. The SMILES string of the molecule is CCCC/C=C/C(NS(=O)(=O)OCC(Cl)(Cl)Cl)B1OC(=O)CN(C)CC(=O)O1. The van der Waals surface area contributed by atoms with Crippen molar-refractivity contribution in [1.82, 2.24) is 9.62 Å². The first kappa shape index (κ1) is 25.5. The highest BCUT2D eigenvalue weighted by Gasteiger charge is 2.41. The minimum absolute atomic E-state index is 0.158. The third kappa shape index (κ3) is 10.8. The lowest BCUT2D eigenvalue weighted by molar-refractivity contribution is -0.145. The number of alkyl halides is 3. The van der Waals surface area contributed by atoms with Gasteiger partial charge in [-0.1, -0.05) is 66.7 Å². The number of hydrogen-bond acceptors (Lipinski definition) is 8. The van der Waals surface area contributed by atoms with Crippen molar-refractivity contribution in [3.8, 4) is 0 Å². The smallest absolute Gasteiger partial charge is 0.497 e. The Morgan fingerprint density at radius 1 is 1.29 bits per heavy atom. The van der Waals surface area contributed by atoms with Gasteiger partial charge in [-0.05, 0) is 13.5 Å². The van der Waals surface area contributed by atoms with Gasteiger partial charge in [-0.3, -0.25) is 18.7 Å². The molecule has 0 aliphatic carbocycles. The third-order valence-electron chi connectivity index (χ3n) is 3.31. The minimum atomic E-state index is -4.42. The number of halogens is 3. The fourth-order valence-corrected chi connectivity index (χ4v) is 3.38. The second kappa shape index (κ2) is 11.6. The van der Waals surface area contributed by atoms with E-state index in [1.807, 2.05) is 6.92 Å². The van der Waals surface area contributed by atoms with Gasteiger partial charge < -0.3 is 9.31 Å². The van der Waals surface area contributed by atoms with E-state index in [1.54, 1.807) is 6.08 Å². The highest BCUT2D eigenvalue weighted by molar-refractivity contribution is 7.84. The highest BCUT2D eigenvalue weighted by Crippen LogP contribution is 2.26. The summed E-state index contributed by atoms with van der Waals surface area (Å²) in [5.41, 5.74) is 0. The average Bonchev–Trinajstić information content (AvgIpc) is 2.53. The van der Waals surface area contributed by atoms with Crippen molar-refractivity contribution >= 4 is 64.2 Å². The molecule has 1 N–H and O–H groups in total. The summed E-state index contributed by atoms with van der Waals surface area (Å²) in [6.45, 7) is 0.935. The Bertz CT molecular complexity index is 652. The molecule has 1 fully saturated rings. The Morgan fingerprint density at radius 3 is 2.36 bits per heavy atom. The Kier molecular flexibility index (Phi) is 10.5. The molecular weight excluding hydrogens is 457 g/mol. The summed E-state index contributed by atoms with van der Waals surface area (Å²) in [4.78, 5) is 25.3. The van der Waals surface area contributed by atoms with Crippen LogP contribution in [0.1, 0.15) is 26.2 Å². The summed E-state index contributed by atoms with van der Waals surface area (Å²) in [7, 11) is -4.40. The molecule has 160 valence electrons. The van der Waals surface area contributed by atoms with Crippen molar-refractivity contribution in [1.29, 1.82) is 0 Å². The lowest BCUT2D eigenvalue weighted by Gasteiger charge is -2.26. The zero-order chi connectivity index (χ0) is 21.4. The van der Waals surface area contributed by atoms with E-state index in [0.717, 1.165) is 12.8 Å². The van der Waals surface area contributed by atoms with E-state index in [4.69, 9.17) is 44.1 Å². The fraction of sp³-hybridized carbons (Fsp3) is 0.714. The van der Waals surface area contributed by atoms with Crippen LogP contribution in [0, 0.1) is 0 Å². The van der Waals surface area contributed by atoms with Gasteiger partial charge in [0, 0.05) is 0 Å². The predicted octanol–water partition coefficient (Wildman–Crippen LogP) is 1.38. The van der Waals surface area contributed by atoms with Gasteiger partial charge in [0.1, 0.15) is 12.5 Å². The number of hydrogen-bond donors (Lipinski definition) is 1. The van der Waals surface area contributed by atoms with Crippen LogP contribution in [0.5, 0.6) is 0 Å². The number of nitrogens with zero attached hydrogens (tertiary/aromatic N) is 1. The molecule has 1 aliphatic rings. The molecule has 0 bridgehead atoms. The molecule has 9 nitrogen and oxygen atoms in total. The molecular formula is C14H22BCl3N2O7S. The summed E-state index contributed by atoms with van der Waals surface area (Å²) >= 11 is 16.5. The van der Waals surface area contributed by atoms with Crippen molar-refractivity contribution < 1.29 is 31.5 Å².